The SMILES string of the molecule is CC1CC(N)CN(CC2CCC3(CCCCC3)O2)C1. The van der Waals surface area contributed by atoms with Crippen molar-refractivity contribution in [3.05, 3.63) is 0 Å². The number of nitrogens with two attached hydrogens (primary N) is 1. The summed E-state index contributed by atoms with van der Waals surface area (Å²) in [5, 5.41) is 0. The number of nitrogens with zero attached hydrogens (tertiary/aromatic N) is 1. The molecular formula is C16H30N2O. The fourth-order valence-corrected chi connectivity index (χ4v) is 4.54. The average molecular weight is 266 g/mol. The van der Waals surface area contributed by atoms with Crippen molar-refractivity contribution in [1.29, 1.82) is 0 Å². The predicted octanol–water partition coefficient (Wildman–Crippen LogP) is 2.54. The zero-order valence-electron chi connectivity index (χ0n) is 12.4. The first-order valence-corrected chi connectivity index (χ1v) is 8.31. The van der Waals surface area contributed by atoms with Crippen LogP contribution in [0.25, 0.3) is 0 Å². The Morgan fingerprint density at radius 3 is 2.68 bits per heavy atom. The molecule has 1 aliphatic carbocycles. The van der Waals surface area contributed by atoms with Gasteiger partial charge < -0.3 is 10.5 Å². The molecule has 3 nitrogen and oxygen atoms in total. The van der Waals surface area contributed by atoms with E-state index in [2.05, 4.69) is 11.8 Å². The van der Waals surface area contributed by atoms with E-state index in [4.69, 9.17) is 10.5 Å². The van der Waals surface area contributed by atoms with E-state index in [1.165, 1.54) is 57.9 Å². The molecule has 2 saturated heterocycles. The molecule has 0 bridgehead atoms. The van der Waals surface area contributed by atoms with Crippen LogP contribution in [0, 0.1) is 5.92 Å². The maximum atomic E-state index is 6.48. The lowest BCUT2D eigenvalue weighted by Crippen LogP contribution is -2.48. The largest absolute Gasteiger partial charge is 0.370 e. The van der Waals surface area contributed by atoms with Gasteiger partial charge in [0, 0.05) is 25.7 Å². The first-order valence-electron chi connectivity index (χ1n) is 8.31. The van der Waals surface area contributed by atoms with Crippen molar-refractivity contribution in [3.8, 4) is 0 Å². The maximum absolute atomic E-state index is 6.48. The van der Waals surface area contributed by atoms with Gasteiger partial charge in [-0.05, 0) is 38.0 Å². The minimum Gasteiger partial charge on any atom is -0.370 e. The summed E-state index contributed by atoms with van der Waals surface area (Å²) in [5.74, 6) is 0.744. The number of piperidine rings is 1. The molecule has 3 atom stereocenters. The van der Waals surface area contributed by atoms with E-state index in [0.29, 0.717) is 12.1 Å². The molecule has 2 aliphatic heterocycles. The molecule has 3 rings (SSSR count). The van der Waals surface area contributed by atoms with Crippen molar-refractivity contribution in [2.75, 3.05) is 19.6 Å². The highest BCUT2D eigenvalue weighted by molar-refractivity contribution is 4.92. The van der Waals surface area contributed by atoms with Gasteiger partial charge in [0.05, 0.1) is 11.7 Å². The summed E-state index contributed by atoms with van der Waals surface area (Å²) in [4.78, 5) is 2.55. The number of hydrogen-bond donors (Lipinski definition) is 1. The van der Waals surface area contributed by atoms with Crippen LogP contribution in [0.1, 0.15) is 58.3 Å². The van der Waals surface area contributed by atoms with E-state index >= 15 is 0 Å². The van der Waals surface area contributed by atoms with Crippen LogP contribution in [0.4, 0.5) is 0 Å². The zero-order chi connectivity index (χ0) is 13.3. The minimum atomic E-state index is 0.270. The van der Waals surface area contributed by atoms with Crippen LogP contribution < -0.4 is 5.73 Å². The molecule has 3 unspecified atom stereocenters. The fourth-order valence-electron chi connectivity index (χ4n) is 4.54. The standard InChI is InChI=1S/C16H30N2O/c1-13-9-14(17)11-18(10-13)12-15-5-8-16(19-15)6-3-2-4-7-16/h13-15H,2-12,17H2,1H3. The van der Waals surface area contributed by atoms with Gasteiger partial charge in [0.25, 0.3) is 0 Å². The van der Waals surface area contributed by atoms with Crippen LogP contribution in [0.15, 0.2) is 0 Å². The van der Waals surface area contributed by atoms with Gasteiger partial charge >= 0.3 is 0 Å². The number of likely N-dealkylation sites (tertiary alicyclic amines) is 1. The highest BCUT2D eigenvalue weighted by Gasteiger charge is 2.41. The Bertz CT molecular complexity index is 291. The van der Waals surface area contributed by atoms with Gasteiger partial charge in [-0.1, -0.05) is 26.2 Å². The summed E-state index contributed by atoms with van der Waals surface area (Å²) in [6.45, 7) is 5.71. The molecule has 0 aromatic heterocycles. The highest BCUT2D eigenvalue weighted by Crippen LogP contribution is 2.42. The second-order valence-corrected chi connectivity index (χ2v) is 7.34. The van der Waals surface area contributed by atoms with Crippen LogP contribution >= 0.6 is 0 Å². The first kappa shape index (κ1) is 13.8. The van der Waals surface area contributed by atoms with Gasteiger partial charge in [0.1, 0.15) is 0 Å². The Morgan fingerprint density at radius 1 is 1.16 bits per heavy atom. The van der Waals surface area contributed by atoms with E-state index in [9.17, 15) is 0 Å². The normalized spacial score (nSPS) is 39.8. The molecular weight excluding hydrogens is 236 g/mol. The summed E-state index contributed by atoms with van der Waals surface area (Å²) < 4.78 is 6.48. The monoisotopic (exact) mass is 266 g/mol. The molecule has 0 amide bonds. The van der Waals surface area contributed by atoms with Crippen molar-refractivity contribution in [2.45, 2.75) is 76.0 Å². The maximum Gasteiger partial charge on any atom is 0.0710 e. The molecule has 3 heteroatoms. The molecule has 1 saturated carbocycles. The van der Waals surface area contributed by atoms with Crippen LogP contribution in [0.3, 0.4) is 0 Å². The lowest BCUT2D eigenvalue weighted by molar-refractivity contribution is -0.0743. The van der Waals surface area contributed by atoms with Crippen molar-refractivity contribution < 1.29 is 4.74 Å². The summed E-state index contributed by atoms with van der Waals surface area (Å²) in [6.07, 6.45) is 11.0. The Labute approximate surface area is 117 Å². The second-order valence-electron chi connectivity index (χ2n) is 7.34. The summed E-state index contributed by atoms with van der Waals surface area (Å²) in [5.41, 5.74) is 6.41. The molecule has 0 aromatic carbocycles. The number of ether oxygens (including phenoxy) is 1. The van der Waals surface area contributed by atoms with E-state index in [-0.39, 0.29) is 5.60 Å². The van der Waals surface area contributed by atoms with E-state index < -0.39 is 0 Å². The summed E-state index contributed by atoms with van der Waals surface area (Å²) in [6, 6.07) is 0.369. The molecule has 0 aromatic rings. The third-order valence-electron chi connectivity index (χ3n) is 5.33. The van der Waals surface area contributed by atoms with Crippen LogP contribution in [-0.4, -0.2) is 42.3 Å². The molecule has 3 fully saturated rings. The lowest BCUT2D eigenvalue weighted by atomic mass is 9.83. The van der Waals surface area contributed by atoms with Gasteiger partial charge in [-0.25, -0.2) is 0 Å². The Hall–Kier alpha value is -0.120. The first-order chi connectivity index (χ1) is 9.15. The van der Waals surface area contributed by atoms with Crippen molar-refractivity contribution >= 4 is 0 Å². The lowest BCUT2D eigenvalue weighted by Gasteiger charge is -2.37. The number of hydrogen-bond acceptors (Lipinski definition) is 3. The van der Waals surface area contributed by atoms with E-state index in [0.717, 1.165) is 19.0 Å². The van der Waals surface area contributed by atoms with Crippen LogP contribution in [0.2, 0.25) is 0 Å². The smallest absolute Gasteiger partial charge is 0.0710 e. The fraction of sp³-hybridized carbons (Fsp3) is 1.00. The second kappa shape index (κ2) is 5.71. The minimum absolute atomic E-state index is 0.270. The molecule has 19 heavy (non-hydrogen) atoms. The molecule has 0 radical (unpaired) electrons. The molecule has 110 valence electrons. The summed E-state index contributed by atoms with van der Waals surface area (Å²) >= 11 is 0. The summed E-state index contributed by atoms with van der Waals surface area (Å²) in [7, 11) is 0. The van der Waals surface area contributed by atoms with Crippen molar-refractivity contribution in [2.24, 2.45) is 11.7 Å². The van der Waals surface area contributed by atoms with Gasteiger partial charge in [-0.2, -0.15) is 0 Å². The van der Waals surface area contributed by atoms with Gasteiger partial charge in [-0.3, -0.25) is 4.90 Å². The van der Waals surface area contributed by atoms with Crippen molar-refractivity contribution in [1.82, 2.24) is 4.90 Å². The molecule has 1 spiro atoms. The van der Waals surface area contributed by atoms with Crippen molar-refractivity contribution in [3.63, 3.8) is 0 Å². The van der Waals surface area contributed by atoms with Crippen LogP contribution in [-0.2, 0) is 4.74 Å². The quantitative estimate of drug-likeness (QED) is 0.835. The topological polar surface area (TPSA) is 38.5 Å². The third kappa shape index (κ3) is 3.32. The van der Waals surface area contributed by atoms with E-state index in [1.807, 2.05) is 0 Å². The molecule has 2 N–H and O–H groups in total. The molecule has 3 aliphatic rings. The number of rotatable bonds is 2. The third-order valence-corrected chi connectivity index (χ3v) is 5.33. The van der Waals surface area contributed by atoms with E-state index in [1.54, 1.807) is 0 Å². The Kier molecular flexibility index (Phi) is 4.16. The van der Waals surface area contributed by atoms with Gasteiger partial charge in [0.15, 0.2) is 0 Å². The van der Waals surface area contributed by atoms with Gasteiger partial charge in [-0.15, -0.1) is 0 Å². The van der Waals surface area contributed by atoms with Gasteiger partial charge in [0.2, 0.25) is 0 Å². The Morgan fingerprint density at radius 2 is 1.95 bits per heavy atom. The zero-order valence-corrected chi connectivity index (χ0v) is 12.4. The highest BCUT2D eigenvalue weighted by atomic mass is 16.5. The molecule has 2 heterocycles. The predicted molar refractivity (Wildman–Crippen MR) is 78.1 cm³/mol. The average Bonchev–Trinajstić information content (AvgIpc) is 2.71. The van der Waals surface area contributed by atoms with Crippen LogP contribution in [0.5, 0.6) is 0 Å². The Balaban J connectivity index is 1.51.